The molecule has 2 rings (SSSR count). The molecule has 2 aromatic rings. The summed E-state index contributed by atoms with van der Waals surface area (Å²) in [6.07, 6.45) is 0. The van der Waals surface area contributed by atoms with E-state index in [0.29, 0.717) is 10.9 Å². The highest BCUT2D eigenvalue weighted by Gasteiger charge is 2.11. The Bertz CT molecular complexity index is 632. The second-order valence-electron chi connectivity index (χ2n) is 4.63. The smallest absolute Gasteiger partial charge is 0.323 e. The molecule has 1 aromatic heterocycles. The molecular formula is C13H18N4OS. The van der Waals surface area contributed by atoms with Gasteiger partial charge in [-0.25, -0.2) is 9.89 Å². The number of nitrogens with one attached hydrogen (secondary N) is 1. The lowest BCUT2D eigenvalue weighted by atomic mass is 10.0. The Labute approximate surface area is 116 Å². The van der Waals surface area contributed by atoms with E-state index in [1.807, 2.05) is 0 Å². The summed E-state index contributed by atoms with van der Waals surface area (Å²) in [7, 11) is 1.69. The van der Waals surface area contributed by atoms with Gasteiger partial charge in [0.05, 0.1) is 0 Å². The Balaban J connectivity index is 2.05. The van der Waals surface area contributed by atoms with Gasteiger partial charge in [0.1, 0.15) is 0 Å². The maximum absolute atomic E-state index is 11.2. The molecule has 0 bridgehead atoms. The fourth-order valence-electron chi connectivity index (χ4n) is 1.72. The van der Waals surface area contributed by atoms with Gasteiger partial charge in [-0.15, -0.1) is 5.10 Å². The molecule has 0 amide bonds. The zero-order valence-corrected chi connectivity index (χ0v) is 12.1. The van der Waals surface area contributed by atoms with Crippen LogP contribution in [0.1, 0.15) is 22.7 Å². The first-order valence-electron chi connectivity index (χ1n) is 6.06. The predicted molar refractivity (Wildman–Crippen MR) is 77.4 cm³/mol. The number of nitrogens with zero attached hydrogens (tertiary/aromatic N) is 2. The van der Waals surface area contributed by atoms with Gasteiger partial charge in [-0.2, -0.15) is 0 Å². The lowest BCUT2D eigenvalue weighted by Gasteiger charge is -2.12. The molecule has 0 fully saturated rings. The van der Waals surface area contributed by atoms with Gasteiger partial charge < -0.3 is 5.73 Å². The lowest BCUT2D eigenvalue weighted by Crippen LogP contribution is -2.15. The molecule has 0 saturated carbocycles. The SMILES string of the molecule is Cc1ccc(C(N)CSc2n[nH]c(=O)n2C)cc1C. The molecule has 6 heteroatoms. The molecule has 0 aliphatic rings. The Hall–Kier alpha value is -1.53. The number of thioether (sulfide) groups is 1. The van der Waals surface area contributed by atoms with Gasteiger partial charge in [0.15, 0.2) is 5.16 Å². The summed E-state index contributed by atoms with van der Waals surface area (Å²) in [6, 6.07) is 6.18. The van der Waals surface area contributed by atoms with Crippen molar-refractivity contribution in [2.75, 3.05) is 5.75 Å². The van der Waals surface area contributed by atoms with Crippen LogP contribution in [0, 0.1) is 13.8 Å². The fraction of sp³-hybridized carbons (Fsp3) is 0.385. The van der Waals surface area contributed by atoms with Crippen LogP contribution in [0.4, 0.5) is 0 Å². The summed E-state index contributed by atoms with van der Waals surface area (Å²) < 4.78 is 1.48. The second-order valence-corrected chi connectivity index (χ2v) is 5.62. The molecule has 1 atom stereocenters. The van der Waals surface area contributed by atoms with Crippen molar-refractivity contribution in [2.24, 2.45) is 12.8 Å². The van der Waals surface area contributed by atoms with Crippen molar-refractivity contribution in [3.05, 3.63) is 45.4 Å². The largest absolute Gasteiger partial charge is 0.343 e. The Kier molecular flexibility index (Phi) is 4.11. The summed E-state index contributed by atoms with van der Waals surface area (Å²) in [4.78, 5) is 11.2. The molecule has 1 unspecified atom stereocenters. The summed E-state index contributed by atoms with van der Waals surface area (Å²) in [6.45, 7) is 4.16. The maximum atomic E-state index is 11.2. The number of hydrogen-bond donors (Lipinski definition) is 2. The first-order valence-corrected chi connectivity index (χ1v) is 7.04. The average molecular weight is 278 g/mol. The summed E-state index contributed by atoms with van der Waals surface area (Å²) in [5.74, 6) is 0.681. The molecule has 19 heavy (non-hydrogen) atoms. The first kappa shape index (κ1) is 13.9. The number of benzene rings is 1. The van der Waals surface area contributed by atoms with Crippen LogP contribution in [0.2, 0.25) is 0 Å². The van der Waals surface area contributed by atoms with Crippen LogP contribution in [-0.4, -0.2) is 20.5 Å². The van der Waals surface area contributed by atoms with Crippen LogP contribution in [0.3, 0.4) is 0 Å². The Morgan fingerprint density at radius 2 is 2.16 bits per heavy atom. The lowest BCUT2D eigenvalue weighted by molar-refractivity contribution is 0.759. The maximum Gasteiger partial charge on any atom is 0.343 e. The van der Waals surface area contributed by atoms with Crippen molar-refractivity contribution in [1.82, 2.24) is 14.8 Å². The Morgan fingerprint density at radius 3 is 2.74 bits per heavy atom. The molecule has 1 heterocycles. The second kappa shape index (κ2) is 5.63. The Morgan fingerprint density at radius 1 is 1.42 bits per heavy atom. The molecule has 1 aromatic carbocycles. The van der Waals surface area contributed by atoms with Crippen molar-refractivity contribution in [2.45, 2.75) is 25.0 Å². The fourth-order valence-corrected chi connectivity index (χ4v) is 2.63. The number of rotatable bonds is 4. The molecule has 3 N–H and O–H groups in total. The van der Waals surface area contributed by atoms with Crippen molar-refractivity contribution in [3.63, 3.8) is 0 Å². The highest BCUT2D eigenvalue weighted by Crippen LogP contribution is 2.22. The van der Waals surface area contributed by atoms with E-state index in [1.165, 1.54) is 27.5 Å². The quantitative estimate of drug-likeness (QED) is 0.831. The molecule has 0 saturated heterocycles. The van der Waals surface area contributed by atoms with E-state index in [9.17, 15) is 4.79 Å². The van der Waals surface area contributed by atoms with E-state index in [4.69, 9.17) is 5.73 Å². The van der Waals surface area contributed by atoms with Gasteiger partial charge in [-0.1, -0.05) is 30.0 Å². The van der Waals surface area contributed by atoms with E-state index in [2.05, 4.69) is 42.2 Å². The zero-order chi connectivity index (χ0) is 14.0. The average Bonchev–Trinajstić information content (AvgIpc) is 2.70. The van der Waals surface area contributed by atoms with Gasteiger partial charge in [0.25, 0.3) is 0 Å². The van der Waals surface area contributed by atoms with E-state index < -0.39 is 0 Å². The zero-order valence-electron chi connectivity index (χ0n) is 11.3. The summed E-state index contributed by atoms with van der Waals surface area (Å²) in [5, 5.41) is 7.01. The number of H-pyrrole nitrogens is 1. The van der Waals surface area contributed by atoms with Crippen LogP contribution in [-0.2, 0) is 7.05 Å². The molecule has 0 spiro atoms. The standard InChI is InChI=1S/C13H18N4OS/c1-8-4-5-10(6-9(8)2)11(14)7-19-13-16-15-12(18)17(13)3/h4-6,11H,7,14H2,1-3H3,(H,15,18). The van der Waals surface area contributed by atoms with E-state index in [-0.39, 0.29) is 11.7 Å². The third kappa shape index (κ3) is 3.08. The molecular weight excluding hydrogens is 260 g/mol. The number of aromatic amines is 1. The number of aromatic nitrogens is 3. The van der Waals surface area contributed by atoms with Gasteiger partial charge in [0.2, 0.25) is 0 Å². The van der Waals surface area contributed by atoms with E-state index in [0.717, 1.165) is 5.56 Å². The van der Waals surface area contributed by atoms with Crippen LogP contribution < -0.4 is 11.4 Å². The number of aryl methyl sites for hydroxylation is 2. The van der Waals surface area contributed by atoms with Crippen molar-refractivity contribution in [1.29, 1.82) is 0 Å². The van der Waals surface area contributed by atoms with E-state index in [1.54, 1.807) is 7.05 Å². The molecule has 0 radical (unpaired) electrons. The van der Waals surface area contributed by atoms with Crippen molar-refractivity contribution >= 4 is 11.8 Å². The molecule has 5 nitrogen and oxygen atoms in total. The van der Waals surface area contributed by atoms with Crippen LogP contribution in [0.15, 0.2) is 28.2 Å². The highest BCUT2D eigenvalue weighted by molar-refractivity contribution is 7.99. The van der Waals surface area contributed by atoms with Crippen LogP contribution in [0.25, 0.3) is 0 Å². The monoisotopic (exact) mass is 278 g/mol. The van der Waals surface area contributed by atoms with Crippen molar-refractivity contribution < 1.29 is 0 Å². The minimum atomic E-state index is -0.206. The van der Waals surface area contributed by atoms with Gasteiger partial charge >= 0.3 is 5.69 Å². The van der Waals surface area contributed by atoms with Crippen LogP contribution >= 0.6 is 11.8 Å². The summed E-state index contributed by atoms with van der Waals surface area (Å²) >= 11 is 1.48. The number of nitrogens with two attached hydrogens (primary N) is 1. The minimum Gasteiger partial charge on any atom is -0.323 e. The highest BCUT2D eigenvalue weighted by atomic mass is 32.2. The van der Waals surface area contributed by atoms with E-state index >= 15 is 0 Å². The van der Waals surface area contributed by atoms with Crippen molar-refractivity contribution in [3.8, 4) is 0 Å². The normalized spacial score (nSPS) is 12.6. The van der Waals surface area contributed by atoms with Crippen LogP contribution in [0.5, 0.6) is 0 Å². The molecule has 0 aliphatic heterocycles. The van der Waals surface area contributed by atoms with Gasteiger partial charge in [-0.3, -0.25) is 4.57 Å². The molecule has 102 valence electrons. The minimum absolute atomic E-state index is 0.0731. The number of hydrogen-bond acceptors (Lipinski definition) is 4. The third-order valence-electron chi connectivity index (χ3n) is 3.19. The third-order valence-corrected chi connectivity index (χ3v) is 4.34. The summed E-state index contributed by atoms with van der Waals surface area (Å²) in [5.41, 5.74) is 9.58. The first-order chi connectivity index (χ1) is 8.99. The topological polar surface area (TPSA) is 76.7 Å². The predicted octanol–water partition coefficient (Wildman–Crippen LogP) is 1.52. The van der Waals surface area contributed by atoms with Gasteiger partial charge in [-0.05, 0) is 30.5 Å². The van der Waals surface area contributed by atoms with Gasteiger partial charge in [0, 0.05) is 18.8 Å². The molecule has 0 aliphatic carbocycles.